The maximum absolute atomic E-state index is 12.6. The van der Waals surface area contributed by atoms with Crippen LogP contribution in [0.4, 0.5) is 9.59 Å². The number of pyridine rings is 1. The molecule has 2 rings (SSSR count). The summed E-state index contributed by atoms with van der Waals surface area (Å²) >= 11 is 0. The highest BCUT2D eigenvalue weighted by atomic mass is 16.6. The number of amides is 2. The molecule has 0 aromatic carbocycles. The van der Waals surface area contributed by atoms with E-state index in [1.54, 1.807) is 11.9 Å². The second kappa shape index (κ2) is 21.4. The fourth-order valence-corrected chi connectivity index (χ4v) is 5.92. The Morgan fingerprint density at radius 3 is 1.84 bits per heavy atom. The highest BCUT2D eigenvalue weighted by Crippen LogP contribution is 2.38. The third-order valence-electron chi connectivity index (χ3n) is 8.86. The lowest BCUT2D eigenvalue weighted by atomic mass is 9.99. The Kier molecular flexibility index (Phi) is 18.4. The molecule has 1 fully saturated rings. The summed E-state index contributed by atoms with van der Waals surface area (Å²) in [6.45, 7) is 7.58. The van der Waals surface area contributed by atoms with Crippen molar-refractivity contribution in [1.29, 1.82) is 0 Å². The third-order valence-corrected chi connectivity index (χ3v) is 8.86. The van der Waals surface area contributed by atoms with Gasteiger partial charge in [0.05, 0.1) is 0 Å². The van der Waals surface area contributed by atoms with Crippen LogP contribution in [0.1, 0.15) is 142 Å². The van der Waals surface area contributed by atoms with E-state index in [0.717, 1.165) is 31.4 Å². The lowest BCUT2D eigenvalue weighted by Gasteiger charge is -2.30. The van der Waals surface area contributed by atoms with E-state index in [2.05, 4.69) is 12.2 Å². The van der Waals surface area contributed by atoms with E-state index in [9.17, 15) is 9.59 Å². The summed E-state index contributed by atoms with van der Waals surface area (Å²) < 4.78 is 19.4. The number of hydrogen-bond donors (Lipinski definition) is 1. The lowest BCUT2D eigenvalue weighted by molar-refractivity contribution is -0.680. The number of nitrogens with zero attached hydrogens (tertiary/aromatic N) is 2. The minimum atomic E-state index is -0.615. The van der Waals surface area contributed by atoms with Gasteiger partial charge in [-0.15, -0.1) is 0 Å². The molecule has 2 unspecified atom stereocenters. The van der Waals surface area contributed by atoms with Crippen molar-refractivity contribution in [1.82, 2.24) is 10.2 Å². The number of carbonyl (C=O) groups excluding carboxylic acids is 2. The van der Waals surface area contributed by atoms with Gasteiger partial charge in [-0.25, -0.2) is 14.2 Å². The molecule has 0 radical (unpaired) electrons. The van der Waals surface area contributed by atoms with Crippen molar-refractivity contribution in [2.45, 2.75) is 154 Å². The van der Waals surface area contributed by atoms with E-state index in [1.807, 2.05) is 49.9 Å². The van der Waals surface area contributed by atoms with Crippen LogP contribution in [-0.2, 0) is 27.8 Å². The topological polar surface area (TPSA) is 81.0 Å². The van der Waals surface area contributed by atoms with Crippen LogP contribution in [0.15, 0.2) is 24.4 Å². The molecule has 1 N–H and O–H groups in total. The number of hydrogen-bond acceptors (Lipinski definition) is 5. The lowest BCUT2D eigenvalue weighted by Crippen LogP contribution is -2.42. The van der Waals surface area contributed by atoms with Crippen LogP contribution in [-0.4, -0.2) is 55.1 Å². The number of aromatic nitrogens is 1. The summed E-state index contributed by atoms with van der Waals surface area (Å²) in [7, 11) is 3.68. The molecular formula is C36H64N3O5+. The fraction of sp³-hybridized carbons (Fsp3) is 0.806. The van der Waals surface area contributed by atoms with Gasteiger partial charge in [0.15, 0.2) is 6.20 Å². The number of rotatable bonds is 23. The summed E-state index contributed by atoms with van der Waals surface area (Å²) in [6.07, 6.45) is 23.9. The molecule has 252 valence electrons. The van der Waals surface area contributed by atoms with Crippen LogP contribution in [0.5, 0.6) is 0 Å². The summed E-state index contributed by atoms with van der Waals surface area (Å²) in [4.78, 5) is 26.4. The second-order valence-electron chi connectivity index (χ2n) is 13.5. The first-order valence-electron chi connectivity index (χ1n) is 17.6. The Bertz CT molecular complexity index is 944. The molecule has 0 aliphatic carbocycles. The Morgan fingerprint density at radius 2 is 1.32 bits per heavy atom. The molecule has 1 aliphatic heterocycles. The minimum Gasteiger partial charge on any atom is -0.447 e. The van der Waals surface area contributed by atoms with Crippen LogP contribution < -0.4 is 9.88 Å². The van der Waals surface area contributed by atoms with E-state index < -0.39 is 23.4 Å². The highest BCUT2D eigenvalue weighted by Gasteiger charge is 2.45. The van der Waals surface area contributed by atoms with Gasteiger partial charge < -0.3 is 24.4 Å². The van der Waals surface area contributed by atoms with Crippen molar-refractivity contribution in [2.24, 2.45) is 7.05 Å². The molecule has 8 nitrogen and oxygen atoms in total. The van der Waals surface area contributed by atoms with E-state index in [-0.39, 0.29) is 13.2 Å². The molecule has 1 aliphatic rings. The predicted molar refractivity (Wildman–Crippen MR) is 176 cm³/mol. The van der Waals surface area contributed by atoms with Crippen LogP contribution >= 0.6 is 0 Å². The van der Waals surface area contributed by atoms with Crippen LogP contribution in [0, 0.1) is 0 Å². The standard InChI is InChI=1S/C36H63N3O5/c1-6-7-8-9-10-11-12-13-14-15-16-17-18-19-20-22-27-37-33(40)42-30-35(2)25-26-36(3,44-35)31-43-34(41)39(5)29-32-24-21-23-28-38(32)4/h21,23-24,28H,6-20,22,25-27,29-31H2,1-5H3/p+1. The van der Waals surface area contributed by atoms with Crippen molar-refractivity contribution in [3.63, 3.8) is 0 Å². The molecule has 1 aromatic heterocycles. The van der Waals surface area contributed by atoms with E-state index in [1.165, 1.54) is 89.9 Å². The van der Waals surface area contributed by atoms with Crippen LogP contribution in [0.3, 0.4) is 0 Å². The average molecular weight is 619 g/mol. The van der Waals surface area contributed by atoms with Gasteiger partial charge in [-0.3, -0.25) is 0 Å². The molecule has 2 heterocycles. The van der Waals surface area contributed by atoms with Gasteiger partial charge in [0, 0.05) is 25.7 Å². The molecule has 2 atom stereocenters. The highest BCUT2D eigenvalue weighted by molar-refractivity contribution is 5.67. The predicted octanol–water partition coefficient (Wildman–Crippen LogP) is 8.40. The molecule has 0 saturated carbocycles. The van der Waals surface area contributed by atoms with Crippen molar-refractivity contribution in [3.05, 3.63) is 30.1 Å². The Labute approximate surface area is 268 Å². The fourth-order valence-electron chi connectivity index (χ4n) is 5.92. The third kappa shape index (κ3) is 16.1. The van der Waals surface area contributed by atoms with Gasteiger partial charge in [-0.1, -0.05) is 109 Å². The minimum absolute atomic E-state index is 0.151. The maximum atomic E-state index is 12.6. The smallest absolute Gasteiger partial charge is 0.410 e. The normalized spacial score (nSPS) is 19.6. The number of unbranched alkanes of at least 4 members (excludes halogenated alkanes) is 15. The first-order valence-corrected chi connectivity index (χ1v) is 17.6. The van der Waals surface area contributed by atoms with Gasteiger partial charge in [-0.2, -0.15) is 0 Å². The summed E-state index contributed by atoms with van der Waals surface area (Å²) in [5, 5.41) is 2.88. The van der Waals surface area contributed by atoms with E-state index >= 15 is 0 Å². The molecule has 1 aromatic rings. The van der Waals surface area contributed by atoms with Gasteiger partial charge in [-0.05, 0) is 33.1 Å². The van der Waals surface area contributed by atoms with Crippen LogP contribution in [0.25, 0.3) is 0 Å². The van der Waals surface area contributed by atoms with Crippen molar-refractivity contribution in [2.75, 3.05) is 26.8 Å². The monoisotopic (exact) mass is 618 g/mol. The maximum Gasteiger partial charge on any atom is 0.410 e. The zero-order chi connectivity index (χ0) is 32.1. The molecule has 2 amide bonds. The molecule has 0 spiro atoms. The number of alkyl carbamates (subject to hydrolysis) is 1. The second-order valence-corrected chi connectivity index (χ2v) is 13.5. The number of aryl methyl sites for hydroxylation is 1. The molecule has 44 heavy (non-hydrogen) atoms. The van der Waals surface area contributed by atoms with Gasteiger partial charge in [0.2, 0.25) is 5.69 Å². The first kappa shape index (κ1) is 37.8. The van der Waals surface area contributed by atoms with E-state index in [4.69, 9.17) is 14.2 Å². The van der Waals surface area contributed by atoms with Crippen LogP contribution in [0.2, 0.25) is 0 Å². The summed E-state index contributed by atoms with van der Waals surface area (Å²) in [5.74, 6) is 0. The number of carbonyl (C=O) groups is 2. The zero-order valence-corrected chi connectivity index (χ0v) is 28.8. The quantitative estimate of drug-likeness (QED) is 0.0984. The summed E-state index contributed by atoms with van der Waals surface area (Å²) in [5.41, 5.74) is -0.208. The Hall–Kier alpha value is -2.35. The molecule has 0 bridgehead atoms. The van der Waals surface area contributed by atoms with Gasteiger partial charge >= 0.3 is 12.2 Å². The molecule has 8 heteroatoms. The number of ether oxygens (including phenoxy) is 3. The first-order chi connectivity index (χ1) is 21.2. The van der Waals surface area contributed by atoms with Crippen molar-refractivity contribution >= 4 is 12.2 Å². The van der Waals surface area contributed by atoms with Gasteiger partial charge in [0.1, 0.15) is 38.0 Å². The van der Waals surface area contributed by atoms with Crippen molar-refractivity contribution in [3.8, 4) is 0 Å². The molecular weight excluding hydrogens is 554 g/mol. The Morgan fingerprint density at radius 1 is 0.818 bits per heavy atom. The summed E-state index contributed by atoms with van der Waals surface area (Å²) in [6, 6.07) is 5.88. The van der Waals surface area contributed by atoms with Crippen molar-refractivity contribution < 1.29 is 28.4 Å². The Balaban J connectivity index is 1.45. The largest absolute Gasteiger partial charge is 0.447 e. The van der Waals surface area contributed by atoms with E-state index in [0.29, 0.717) is 13.1 Å². The average Bonchev–Trinajstić information content (AvgIpc) is 3.32. The number of nitrogens with one attached hydrogen (secondary N) is 1. The SMILES string of the molecule is CCCCCCCCCCCCCCCCCCNC(=O)OCC1(C)CCC(C)(COC(=O)N(C)Cc2cccc[n+]2C)O1. The van der Waals surface area contributed by atoms with Gasteiger partial charge in [0.25, 0.3) is 0 Å². The zero-order valence-electron chi connectivity index (χ0n) is 28.8. The molecule has 1 saturated heterocycles.